The highest BCUT2D eigenvalue weighted by atomic mass is 16.1. The van der Waals surface area contributed by atoms with Gasteiger partial charge in [0.2, 0.25) is 0 Å². The molecule has 2 rings (SSSR count). The molecule has 0 atom stereocenters. The number of fused-ring (bicyclic) bond motifs is 1. The number of aldehydes is 1. The van der Waals surface area contributed by atoms with Crippen LogP contribution in [0.3, 0.4) is 0 Å². The predicted octanol–water partition coefficient (Wildman–Crippen LogP) is 0.147. The van der Waals surface area contributed by atoms with Gasteiger partial charge in [0, 0.05) is 0 Å². The lowest BCUT2D eigenvalue weighted by Crippen LogP contribution is -1.92. The van der Waals surface area contributed by atoms with Crippen LogP contribution < -0.4 is 5.73 Å². The van der Waals surface area contributed by atoms with Crippen molar-refractivity contribution < 1.29 is 4.79 Å². The maximum absolute atomic E-state index is 10.1. The van der Waals surface area contributed by atoms with E-state index in [1.807, 2.05) is 0 Å². The molecule has 0 saturated heterocycles. The minimum atomic E-state index is 0.342. The Morgan fingerprint density at radius 3 is 3.07 bits per heavy atom. The summed E-state index contributed by atoms with van der Waals surface area (Å²) in [7, 11) is 0. The zero-order valence-electron chi connectivity index (χ0n) is 7.14. The molecule has 0 aliphatic rings. The van der Waals surface area contributed by atoms with E-state index < -0.39 is 0 Å². The highest BCUT2D eigenvalue weighted by molar-refractivity contribution is 5.93. The molecule has 2 aromatic heterocycles. The van der Waals surface area contributed by atoms with E-state index in [1.54, 1.807) is 6.08 Å². The molecule has 0 aliphatic heterocycles. The van der Waals surface area contributed by atoms with Gasteiger partial charge in [0.05, 0.1) is 11.1 Å². The van der Waals surface area contributed by atoms with Crippen LogP contribution in [0.5, 0.6) is 0 Å². The largest absolute Gasteiger partial charge is 0.383 e. The number of H-pyrrole nitrogens is 1. The van der Waals surface area contributed by atoms with Crippen molar-refractivity contribution >= 4 is 29.2 Å². The van der Waals surface area contributed by atoms with Crippen molar-refractivity contribution in [1.82, 2.24) is 20.2 Å². The first kappa shape index (κ1) is 8.36. The molecule has 70 valence electrons. The Balaban J connectivity index is 2.66. The topological polar surface area (TPSA) is 97.5 Å². The van der Waals surface area contributed by atoms with Crippen molar-refractivity contribution in [2.75, 3.05) is 5.73 Å². The summed E-state index contributed by atoms with van der Waals surface area (Å²) in [6.45, 7) is 0. The summed E-state index contributed by atoms with van der Waals surface area (Å²) in [6, 6.07) is 0. The van der Waals surface area contributed by atoms with Gasteiger partial charge in [0.1, 0.15) is 18.4 Å². The highest BCUT2D eigenvalue weighted by Crippen LogP contribution is 2.19. The van der Waals surface area contributed by atoms with Crippen molar-refractivity contribution in [3.05, 3.63) is 18.1 Å². The second-order valence-corrected chi connectivity index (χ2v) is 2.59. The van der Waals surface area contributed by atoms with Gasteiger partial charge in [0.25, 0.3) is 0 Å². The minimum Gasteiger partial charge on any atom is -0.383 e. The van der Waals surface area contributed by atoms with Gasteiger partial charge in [-0.3, -0.25) is 9.89 Å². The van der Waals surface area contributed by atoms with E-state index in [-0.39, 0.29) is 0 Å². The Bertz CT molecular complexity index is 501. The fourth-order valence-corrected chi connectivity index (χ4v) is 1.16. The Morgan fingerprint density at radius 2 is 2.29 bits per heavy atom. The van der Waals surface area contributed by atoms with Crippen LogP contribution in [0.15, 0.2) is 12.4 Å². The molecule has 0 bridgehead atoms. The summed E-state index contributed by atoms with van der Waals surface area (Å²) in [6.07, 6.45) is 4.93. The number of rotatable bonds is 2. The number of nitrogens with one attached hydrogen (secondary N) is 1. The maximum Gasteiger partial charge on any atom is 0.186 e. The molecule has 2 aromatic rings. The number of aromatic nitrogens is 4. The number of nitrogens with zero attached hydrogens (tertiary/aromatic N) is 3. The molecule has 2 heterocycles. The summed E-state index contributed by atoms with van der Waals surface area (Å²) in [5.74, 6) is 0.342. The molecule has 0 spiro atoms. The van der Waals surface area contributed by atoms with E-state index in [2.05, 4.69) is 20.2 Å². The van der Waals surface area contributed by atoms with Crippen molar-refractivity contribution in [3.63, 3.8) is 0 Å². The molecule has 6 heteroatoms. The zero-order valence-corrected chi connectivity index (χ0v) is 7.14. The molecular weight excluding hydrogens is 182 g/mol. The Labute approximate surface area is 78.9 Å². The lowest BCUT2D eigenvalue weighted by Gasteiger charge is -1.92. The number of hydrogen-bond donors (Lipinski definition) is 2. The molecule has 0 unspecified atom stereocenters. The summed E-state index contributed by atoms with van der Waals surface area (Å²) < 4.78 is 0. The number of aromatic amines is 1. The molecular formula is C8H7N5O. The van der Waals surface area contributed by atoms with Crippen molar-refractivity contribution in [2.45, 2.75) is 0 Å². The number of hydrogen-bond acceptors (Lipinski definition) is 5. The number of nitrogens with two attached hydrogens (primary N) is 1. The van der Waals surface area contributed by atoms with Gasteiger partial charge in [-0.15, -0.1) is 0 Å². The lowest BCUT2D eigenvalue weighted by atomic mass is 10.2. The summed E-state index contributed by atoms with van der Waals surface area (Å²) >= 11 is 0. The van der Waals surface area contributed by atoms with Gasteiger partial charge in [-0.05, 0) is 12.2 Å². The molecule has 0 saturated carbocycles. The average molecular weight is 189 g/mol. The van der Waals surface area contributed by atoms with E-state index in [0.29, 0.717) is 28.8 Å². The van der Waals surface area contributed by atoms with Crippen molar-refractivity contribution in [2.24, 2.45) is 0 Å². The summed E-state index contributed by atoms with van der Waals surface area (Å²) in [4.78, 5) is 17.9. The van der Waals surface area contributed by atoms with Crippen molar-refractivity contribution in [3.8, 4) is 0 Å². The molecule has 0 aliphatic carbocycles. The normalized spacial score (nSPS) is 11.1. The molecule has 6 nitrogen and oxygen atoms in total. The third-order valence-corrected chi connectivity index (χ3v) is 1.75. The van der Waals surface area contributed by atoms with E-state index >= 15 is 0 Å². The van der Waals surface area contributed by atoms with E-state index in [1.165, 1.54) is 12.4 Å². The second kappa shape index (κ2) is 3.25. The Hall–Kier alpha value is -2.24. The van der Waals surface area contributed by atoms with Crippen LogP contribution in [-0.4, -0.2) is 26.5 Å². The lowest BCUT2D eigenvalue weighted by molar-refractivity contribution is -0.104. The predicted molar refractivity (Wildman–Crippen MR) is 51.2 cm³/mol. The van der Waals surface area contributed by atoms with Crippen LogP contribution in [-0.2, 0) is 4.79 Å². The molecule has 0 amide bonds. The van der Waals surface area contributed by atoms with Crippen LogP contribution in [0.4, 0.5) is 5.82 Å². The molecule has 0 aromatic carbocycles. The van der Waals surface area contributed by atoms with Gasteiger partial charge in [-0.1, -0.05) is 0 Å². The van der Waals surface area contributed by atoms with Gasteiger partial charge < -0.3 is 5.73 Å². The maximum atomic E-state index is 10.1. The fourth-order valence-electron chi connectivity index (χ4n) is 1.16. The van der Waals surface area contributed by atoms with Crippen LogP contribution in [0.25, 0.3) is 17.1 Å². The van der Waals surface area contributed by atoms with Gasteiger partial charge >= 0.3 is 0 Å². The van der Waals surface area contributed by atoms with E-state index in [0.717, 1.165) is 0 Å². The van der Waals surface area contributed by atoms with Gasteiger partial charge in [0.15, 0.2) is 5.65 Å². The van der Waals surface area contributed by atoms with Crippen LogP contribution in [0, 0.1) is 0 Å². The third-order valence-electron chi connectivity index (χ3n) is 1.75. The average Bonchev–Trinajstić information content (AvgIpc) is 2.59. The Morgan fingerprint density at radius 1 is 1.43 bits per heavy atom. The van der Waals surface area contributed by atoms with Gasteiger partial charge in [-0.2, -0.15) is 5.10 Å². The Kier molecular flexibility index (Phi) is 1.94. The highest BCUT2D eigenvalue weighted by Gasteiger charge is 2.07. The molecule has 0 fully saturated rings. The summed E-state index contributed by atoms with van der Waals surface area (Å²) in [5, 5.41) is 7.25. The monoisotopic (exact) mass is 189 g/mol. The molecule has 0 radical (unpaired) electrons. The molecule has 14 heavy (non-hydrogen) atoms. The SMILES string of the molecule is Nc1ncnc2n[nH]c(C=CC=O)c12. The zero-order chi connectivity index (χ0) is 9.97. The number of carbonyl (C=O) groups is 1. The van der Waals surface area contributed by atoms with E-state index in [4.69, 9.17) is 5.73 Å². The standard InChI is InChI=1S/C8H7N5O/c9-7-6-5(2-1-3-14)12-13-8(6)11-4-10-7/h1-4H,(H3,9,10,11,12,13). The third kappa shape index (κ3) is 1.22. The van der Waals surface area contributed by atoms with Gasteiger partial charge in [-0.25, -0.2) is 9.97 Å². The second-order valence-electron chi connectivity index (χ2n) is 2.59. The fraction of sp³-hybridized carbons (Fsp3) is 0. The van der Waals surface area contributed by atoms with Crippen LogP contribution in [0.1, 0.15) is 5.69 Å². The number of anilines is 1. The smallest absolute Gasteiger partial charge is 0.186 e. The number of allylic oxidation sites excluding steroid dienone is 1. The minimum absolute atomic E-state index is 0.342. The first-order valence-corrected chi connectivity index (χ1v) is 3.89. The summed E-state index contributed by atoms with van der Waals surface area (Å²) in [5.41, 5.74) is 6.76. The quantitative estimate of drug-likeness (QED) is 0.517. The first-order valence-electron chi connectivity index (χ1n) is 3.89. The number of carbonyl (C=O) groups excluding carboxylic acids is 1. The van der Waals surface area contributed by atoms with Crippen molar-refractivity contribution in [1.29, 1.82) is 0 Å². The van der Waals surface area contributed by atoms with E-state index in [9.17, 15) is 4.79 Å². The van der Waals surface area contributed by atoms with Crippen LogP contribution >= 0.6 is 0 Å². The van der Waals surface area contributed by atoms with Crippen LogP contribution in [0.2, 0.25) is 0 Å². The first-order chi connectivity index (χ1) is 6.83. The number of nitrogen functional groups attached to an aromatic ring is 1. The molecule has 3 N–H and O–H groups in total.